The van der Waals surface area contributed by atoms with Gasteiger partial charge in [-0.05, 0) is 26.2 Å². The summed E-state index contributed by atoms with van der Waals surface area (Å²) in [5.74, 6) is -0.408. The van der Waals surface area contributed by atoms with Crippen LogP contribution in [0.4, 0.5) is 0 Å². The highest BCUT2D eigenvalue weighted by molar-refractivity contribution is 5.84. The van der Waals surface area contributed by atoms with Gasteiger partial charge in [0.05, 0.1) is 13.7 Å². The summed E-state index contributed by atoms with van der Waals surface area (Å²) in [7, 11) is 1.34. The number of aromatic nitrogens is 3. The third kappa shape index (κ3) is 3.15. The Morgan fingerprint density at radius 3 is 2.75 bits per heavy atom. The van der Waals surface area contributed by atoms with Crippen LogP contribution in [0.25, 0.3) is 0 Å². The van der Waals surface area contributed by atoms with Crippen LogP contribution in [0.1, 0.15) is 32.6 Å². The van der Waals surface area contributed by atoms with E-state index in [2.05, 4.69) is 10.1 Å². The second-order valence-electron chi connectivity index (χ2n) is 4.99. The summed E-state index contributed by atoms with van der Waals surface area (Å²) >= 11 is 0. The number of nitrogens with zero attached hydrogens (tertiary/aromatic N) is 4. The molecule has 1 fully saturated rings. The molecule has 0 saturated heterocycles. The van der Waals surface area contributed by atoms with E-state index in [9.17, 15) is 9.59 Å². The number of ether oxygens (including phenoxy) is 1. The van der Waals surface area contributed by atoms with Crippen LogP contribution in [0.15, 0.2) is 12.7 Å². The minimum Gasteiger partial charge on any atom is -0.467 e. The number of methoxy groups -OCH3 is 1. The lowest BCUT2D eigenvalue weighted by atomic mass is 9.90. The van der Waals surface area contributed by atoms with E-state index in [1.165, 1.54) is 13.4 Å². The van der Waals surface area contributed by atoms with E-state index in [0.29, 0.717) is 13.0 Å². The normalized spacial score (nSPS) is 16.3. The highest BCUT2D eigenvalue weighted by Crippen LogP contribution is 2.27. The zero-order valence-electron chi connectivity index (χ0n) is 11.9. The third-order valence-electron chi connectivity index (χ3n) is 3.74. The van der Waals surface area contributed by atoms with Gasteiger partial charge in [0.15, 0.2) is 0 Å². The molecule has 0 bridgehead atoms. The predicted molar refractivity (Wildman–Crippen MR) is 70.6 cm³/mol. The van der Waals surface area contributed by atoms with Crippen LogP contribution < -0.4 is 0 Å². The van der Waals surface area contributed by atoms with Crippen molar-refractivity contribution in [2.24, 2.45) is 0 Å². The van der Waals surface area contributed by atoms with Crippen molar-refractivity contribution in [3.63, 3.8) is 0 Å². The van der Waals surface area contributed by atoms with Crippen LogP contribution in [-0.2, 0) is 20.9 Å². The Kier molecular flexibility index (Phi) is 4.70. The molecule has 20 heavy (non-hydrogen) atoms. The summed E-state index contributed by atoms with van der Waals surface area (Å²) in [6.45, 7) is 2.19. The van der Waals surface area contributed by atoms with Crippen LogP contribution in [-0.4, -0.2) is 50.7 Å². The number of aryl methyl sites for hydroxylation is 1. The smallest absolute Gasteiger partial charge is 0.328 e. The number of rotatable bonds is 6. The summed E-state index contributed by atoms with van der Waals surface area (Å²) in [5, 5.41) is 3.97. The van der Waals surface area contributed by atoms with Gasteiger partial charge in [-0.2, -0.15) is 5.10 Å². The summed E-state index contributed by atoms with van der Waals surface area (Å²) in [6.07, 6.45) is 6.33. The number of carbonyl (C=O) groups is 2. The number of hydrogen-bond donors (Lipinski definition) is 0. The van der Waals surface area contributed by atoms with Crippen molar-refractivity contribution < 1.29 is 14.3 Å². The van der Waals surface area contributed by atoms with E-state index in [1.54, 1.807) is 22.8 Å². The van der Waals surface area contributed by atoms with E-state index in [-0.39, 0.29) is 17.9 Å². The molecule has 1 aliphatic carbocycles. The van der Waals surface area contributed by atoms with Gasteiger partial charge >= 0.3 is 5.97 Å². The van der Waals surface area contributed by atoms with Crippen LogP contribution in [0.3, 0.4) is 0 Å². The second-order valence-corrected chi connectivity index (χ2v) is 4.99. The molecule has 1 atom stereocenters. The Labute approximate surface area is 117 Å². The molecule has 110 valence electrons. The molecule has 1 aromatic rings. The number of hydrogen-bond acceptors (Lipinski definition) is 5. The molecule has 0 aromatic carbocycles. The first-order valence-electron chi connectivity index (χ1n) is 6.85. The molecule has 0 unspecified atom stereocenters. The lowest BCUT2D eigenvalue weighted by molar-refractivity contribution is -0.155. The first-order valence-corrected chi connectivity index (χ1v) is 6.85. The SMILES string of the molecule is COC(=O)[C@H](C)N(C(=O)CCn1cncn1)C1CCC1. The van der Waals surface area contributed by atoms with Crippen molar-refractivity contribution in [3.8, 4) is 0 Å². The number of esters is 1. The van der Waals surface area contributed by atoms with Gasteiger partial charge in [0.25, 0.3) is 0 Å². The molecular formula is C13H20N4O3. The zero-order valence-corrected chi connectivity index (χ0v) is 11.9. The number of carbonyl (C=O) groups excluding carboxylic acids is 2. The highest BCUT2D eigenvalue weighted by atomic mass is 16.5. The first-order chi connectivity index (χ1) is 9.63. The lowest BCUT2D eigenvalue weighted by Gasteiger charge is -2.40. The Hall–Kier alpha value is -1.92. The van der Waals surface area contributed by atoms with Gasteiger partial charge in [0.1, 0.15) is 18.7 Å². The lowest BCUT2D eigenvalue weighted by Crippen LogP contribution is -2.52. The molecule has 7 nitrogen and oxygen atoms in total. The van der Waals surface area contributed by atoms with Crippen LogP contribution in [0, 0.1) is 0 Å². The third-order valence-corrected chi connectivity index (χ3v) is 3.74. The maximum atomic E-state index is 12.4. The average molecular weight is 280 g/mol. The summed E-state index contributed by atoms with van der Waals surface area (Å²) in [5.41, 5.74) is 0. The van der Waals surface area contributed by atoms with Gasteiger partial charge < -0.3 is 9.64 Å². The Morgan fingerprint density at radius 2 is 2.25 bits per heavy atom. The van der Waals surface area contributed by atoms with Crippen molar-refractivity contribution >= 4 is 11.9 Å². The monoisotopic (exact) mass is 280 g/mol. The number of amides is 1. The molecule has 1 aliphatic rings. The van der Waals surface area contributed by atoms with Crippen molar-refractivity contribution in [1.29, 1.82) is 0 Å². The first kappa shape index (κ1) is 14.5. The molecule has 0 radical (unpaired) electrons. The molecule has 0 spiro atoms. The van der Waals surface area contributed by atoms with Gasteiger partial charge in [0.2, 0.25) is 5.91 Å². The van der Waals surface area contributed by atoms with Crippen LogP contribution in [0.2, 0.25) is 0 Å². The Balaban J connectivity index is 1.98. The maximum Gasteiger partial charge on any atom is 0.328 e. The molecule has 1 amide bonds. The zero-order chi connectivity index (χ0) is 14.5. The van der Waals surface area contributed by atoms with E-state index in [0.717, 1.165) is 19.3 Å². The van der Waals surface area contributed by atoms with Gasteiger partial charge in [-0.25, -0.2) is 9.78 Å². The van der Waals surface area contributed by atoms with Crippen LogP contribution >= 0.6 is 0 Å². The van der Waals surface area contributed by atoms with E-state index in [4.69, 9.17) is 4.74 Å². The predicted octanol–water partition coefficient (Wildman–Crippen LogP) is 0.611. The highest BCUT2D eigenvalue weighted by Gasteiger charge is 2.35. The van der Waals surface area contributed by atoms with Gasteiger partial charge in [-0.1, -0.05) is 0 Å². The second kappa shape index (κ2) is 6.49. The average Bonchev–Trinajstić information content (AvgIpc) is 2.91. The van der Waals surface area contributed by atoms with E-state index >= 15 is 0 Å². The minimum atomic E-state index is -0.534. The molecule has 1 heterocycles. The summed E-state index contributed by atoms with van der Waals surface area (Å²) in [6, 6.07) is -0.374. The van der Waals surface area contributed by atoms with Gasteiger partial charge in [-0.15, -0.1) is 0 Å². The van der Waals surface area contributed by atoms with Crippen molar-refractivity contribution in [3.05, 3.63) is 12.7 Å². The fraction of sp³-hybridized carbons (Fsp3) is 0.692. The quantitative estimate of drug-likeness (QED) is 0.714. The van der Waals surface area contributed by atoms with Crippen LogP contribution in [0.5, 0.6) is 0 Å². The van der Waals surface area contributed by atoms with E-state index in [1.807, 2.05) is 0 Å². The van der Waals surface area contributed by atoms with Crippen molar-refractivity contribution in [1.82, 2.24) is 19.7 Å². The summed E-state index contributed by atoms with van der Waals surface area (Å²) in [4.78, 5) is 29.6. The Morgan fingerprint density at radius 1 is 1.50 bits per heavy atom. The molecule has 0 aliphatic heterocycles. The maximum absolute atomic E-state index is 12.4. The molecule has 1 saturated carbocycles. The molecule has 0 N–H and O–H groups in total. The standard InChI is InChI=1S/C13H20N4O3/c1-10(13(19)20-2)17(11-4-3-5-11)12(18)6-7-16-9-14-8-15-16/h8-11H,3-7H2,1-2H3/t10-/m0/s1. The van der Waals surface area contributed by atoms with E-state index < -0.39 is 6.04 Å². The largest absolute Gasteiger partial charge is 0.467 e. The molecule has 2 rings (SSSR count). The van der Waals surface area contributed by atoms with Crippen molar-refractivity contribution in [2.75, 3.05) is 7.11 Å². The van der Waals surface area contributed by atoms with Gasteiger partial charge in [0, 0.05) is 12.5 Å². The fourth-order valence-corrected chi connectivity index (χ4v) is 2.37. The fourth-order valence-electron chi connectivity index (χ4n) is 2.37. The molecule has 1 aromatic heterocycles. The Bertz CT molecular complexity index is 456. The van der Waals surface area contributed by atoms with Crippen molar-refractivity contribution in [2.45, 2.75) is 51.2 Å². The minimum absolute atomic E-state index is 0.0388. The van der Waals surface area contributed by atoms with Gasteiger partial charge in [-0.3, -0.25) is 9.48 Å². The summed E-state index contributed by atoms with van der Waals surface area (Å²) < 4.78 is 6.36. The topological polar surface area (TPSA) is 77.3 Å². The molecule has 7 heteroatoms. The molecular weight excluding hydrogens is 260 g/mol.